The van der Waals surface area contributed by atoms with Crippen molar-refractivity contribution in [3.63, 3.8) is 0 Å². The van der Waals surface area contributed by atoms with Crippen LogP contribution in [0.1, 0.15) is 48.6 Å². The Labute approximate surface area is 307 Å². The third-order valence-corrected chi connectivity index (χ3v) is 8.34. The van der Waals surface area contributed by atoms with Crippen molar-refractivity contribution in [2.24, 2.45) is 0 Å². The van der Waals surface area contributed by atoms with Crippen LogP contribution in [0.4, 0.5) is 26.3 Å². The zero-order chi connectivity index (χ0) is 38.1. The van der Waals surface area contributed by atoms with Crippen molar-refractivity contribution in [2.45, 2.75) is 81.6 Å². The zero-order valence-corrected chi connectivity index (χ0v) is 30.2. The van der Waals surface area contributed by atoms with Crippen LogP contribution in [0.5, 0.6) is 11.5 Å². The lowest BCUT2D eigenvalue weighted by Crippen LogP contribution is -2.34. The lowest BCUT2D eigenvalue weighted by atomic mass is 9.95. The Bertz CT molecular complexity index is 1760. The first-order valence-corrected chi connectivity index (χ1v) is 17.3. The van der Waals surface area contributed by atoms with Crippen LogP contribution >= 0.6 is 22.6 Å². The number of rotatable bonds is 13. The number of aliphatic carboxylic acids is 1. The number of oxazole rings is 2. The third-order valence-electron chi connectivity index (χ3n) is 7.62. The van der Waals surface area contributed by atoms with Gasteiger partial charge in [-0.15, -0.1) is 26.3 Å². The van der Waals surface area contributed by atoms with Gasteiger partial charge >= 0.3 is 18.7 Å². The van der Waals surface area contributed by atoms with Crippen molar-refractivity contribution in [1.29, 1.82) is 0 Å². The number of aromatic nitrogens is 2. The van der Waals surface area contributed by atoms with E-state index in [1.54, 1.807) is 26.0 Å². The maximum absolute atomic E-state index is 12.5. The Morgan fingerprint density at radius 2 is 1.37 bits per heavy atom. The molecule has 1 fully saturated rings. The van der Waals surface area contributed by atoms with Crippen molar-refractivity contribution in [1.82, 2.24) is 9.97 Å². The van der Waals surface area contributed by atoms with Crippen LogP contribution in [0.3, 0.4) is 0 Å². The van der Waals surface area contributed by atoms with E-state index in [1.807, 2.05) is 0 Å². The van der Waals surface area contributed by atoms with Gasteiger partial charge in [-0.25, -0.2) is 14.8 Å². The van der Waals surface area contributed by atoms with E-state index >= 15 is 0 Å². The topological polar surface area (TPSA) is 136 Å². The van der Waals surface area contributed by atoms with Gasteiger partial charge in [0.15, 0.2) is 6.10 Å². The molecule has 4 aromatic rings. The number of carboxylic acids is 1. The molecule has 3 atom stereocenters. The molecule has 0 radical (unpaired) electrons. The van der Waals surface area contributed by atoms with Crippen molar-refractivity contribution in [3.8, 4) is 34.4 Å². The number of halogens is 7. The molecule has 0 amide bonds. The Morgan fingerprint density at radius 3 is 1.83 bits per heavy atom. The highest BCUT2D eigenvalue weighted by Crippen LogP contribution is 2.31. The molecule has 2 heterocycles. The second-order valence-electron chi connectivity index (χ2n) is 11.4. The van der Waals surface area contributed by atoms with Gasteiger partial charge in [0, 0.05) is 22.7 Å². The molecule has 18 heteroatoms. The van der Waals surface area contributed by atoms with Crippen LogP contribution in [-0.2, 0) is 30.0 Å². The van der Waals surface area contributed by atoms with Gasteiger partial charge in [0.2, 0.25) is 11.8 Å². The van der Waals surface area contributed by atoms with E-state index in [1.165, 1.54) is 43.5 Å². The molecule has 2 aromatic carbocycles. The molecule has 0 spiro atoms. The molecule has 1 saturated carbocycles. The summed E-state index contributed by atoms with van der Waals surface area (Å²) in [4.78, 5) is 19.6. The van der Waals surface area contributed by atoms with E-state index in [-0.39, 0.29) is 48.7 Å². The van der Waals surface area contributed by atoms with Crippen molar-refractivity contribution in [2.75, 3.05) is 13.7 Å². The summed E-state index contributed by atoms with van der Waals surface area (Å²) in [5.74, 6) is -0.113. The van der Waals surface area contributed by atoms with Crippen molar-refractivity contribution in [3.05, 3.63) is 71.4 Å². The largest absolute Gasteiger partial charge is 0.573 e. The van der Waals surface area contributed by atoms with E-state index in [0.29, 0.717) is 39.2 Å². The summed E-state index contributed by atoms with van der Waals surface area (Å²) in [5.41, 5.74) is 2.11. The number of nitrogens with zero attached hydrogens (tertiary/aromatic N) is 2. The van der Waals surface area contributed by atoms with Gasteiger partial charge in [-0.1, -0.05) is 34.7 Å². The molecule has 0 aliphatic heterocycles. The van der Waals surface area contributed by atoms with Gasteiger partial charge in [-0.05, 0) is 75.9 Å². The molecule has 5 rings (SSSR count). The number of aryl methyl sites for hydroxylation is 2. The molecule has 1 unspecified atom stereocenters. The van der Waals surface area contributed by atoms with Gasteiger partial charge < -0.3 is 37.6 Å². The van der Waals surface area contributed by atoms with Crippen LogP contribution in [0.15, 0.2) is 57.4 Å². The Kier molecular flexibility index (Phi) is 14.3. The lowest BCUT2D eigenvalue weighted by molar-refractivity contribution is -0.275. The smallest absolute Gasteiger partial charge is 0.479 e. The van der Waals surface area contributed by atoms with E-state index in [4.69, 9.17) is 28.2 Å². The fraction of sp³-hybridized carbons (Fsp3) is 0.441. The predicted molar refractivity (Wildman–Crippen MR) is 180 cm³/mol. The van der Waals surface area contributed by atoms with Crippen LogP contribution in [0.2, 0.25) is 0 Å². The quantitative estimate of drug-likeness (QED) is 0.0785. The molecular weight excluding hydrogens is 821 g/mol. The molecule has 0 bridgehead atoms. The number of hydrogen-bond acceptors (Lipinski definition) is 10. The highest BCUT2D eigenvalue weighted by Gasteiger charge is 2.32. The minimum atomic E-state index is -4.79. The van der Waals surface area contributed by atoms with Gasteiger partial charge in [0.25, 0.3) is 0 Å². The molecule has 284 valence electrons. The summed E-state index contributed by atoms with van der Waals surface area (Å²) in [7, 11) is 1.32. The molecule has 1 aliphatic rings. The predicted octanol–water partition coefficient (Wildman–Crippen LogP) is 8.98. The van der Waals surface area contributed by atoms with Crippen LogP contribution in [0, 0.1) is 13.8 Å². The van der Waals surface area contributed by atoms with E-state index in [2.05, 4.69) is 42.0 Å². The third kappa shape index (κ3) is 12.7. The second-order valence-corrected chi connectivity index (χ2v) is 12.2. The van der Waals surface area contributed by atoms with E-state index in [9.17, 15) is 31.1 Å². The highest BCUT2D eigenvalue weighted by molar-refractivity contribution is 14.1. The lowest BCUT2D eigenvalue weighted by Gasteiger charge is -2.29. The summed E-state index contributed by atoms with van der Waals surface area (Å²) >= 11 is 2.14. The number of carboxylic acid groups (broad SMARTS) is 1. The van der Waals surface area contributed by atoms with Gasteiger partial charge in [0.05, 0.1) is 31.1 Å². The average molecular weight is 857 g/mol. The number of carbonyl (C=O) groups is 1. The van der Waals surface area contributed by atoms with Gasteiger partial charge in [-0.3, -0.25) is 0 Å². The summed E-state index contributed by atoms with van der Waals surface area (Å²) in [5, 5.41) is 9.04. The maximum atomic E-state index is 12.5. The van der Waals surface area contributed by atoms with Crippen molar-refractivity contribution < 1.29 is 68.8 Å². The van der Waals surface area contributed by atoms with Gasteiger partial charge in [0.1, 0.15) is 28.7 Å². The standard InChI is InChI=1S/C22H26F3NO7.C12H9F3INO2/c1-13-18(26-20(32-13)14-5-3-8-17(9-14)33-22(23,24)25)11-30-15-6-4-7-16(10-15)31-12-19(29-2)21(27)28;1-7-10(6-16)17-11(18-7)8-3-2-4-9(5-8)19-12(13,14)15/h3,5,8-9,15-16,19H,4,6-7,10-12H2,1-2H3,(H,27,28);2-5H,6H2,1H3/t15-,16+,19?;/m0./s1. The zero-order valence-electron chi connectivity index (χ0n) is 28.1. The van der Waals surface area contributed by atoms with E-state index < -0.39 is 24.8 Å². The van der Waals surface area contributed by atoms with Crippen LogP contribution in [0.25, 0.3) is 22.9 Å². The summed E-state index contributed by atoms with van der Waals surface area (Å²) in [6, 6.07) is 11.0. The SMILES string of the molecule is COC(CO[C@@H]1CCC[C@H](OCc2nc(-c3cccc(OC(F)(F)F)c3)oc2C)C1)C(=O)O.Cc1oc(-c2cccc(OC(F)(F)F)c2)nc1CI. The number of ether oxygens (including phenoxy) is 5. The molecule has 1 N–H and O–H groups in total. The molecule has 52 heavy (non-hydrogen) atoms. The first kappa shape index (κ1) is 40.9. The first-order valence-electron chi connectivity index (χ1n) is 15.7. The molecule has 11 nitrogen and oxygen atoms in total. The fourth-order valence-corrected chi connectivity index (χ4v) is 5.79. The monoisotopic (exact) mass is 856 g/mol. The fourth-order valence-electron chi connectivity index (χ4n) is 5.08. The minimum Gasteiger partial charge on any atom is -0.479 e. The molecule has 2 aromatic heterocycles. The summed E-state index contributed by atoms with van der Waals surface area (Å²) in [6.45, 7) is 3.60. The molecule has 0 saturated heterocycles. The normalized spacial score (nSPS) is 16.9. The van der Waals surface area contributed by atoms with Crippen LogP contribution < -0.4 is 9.47 Å². The Hall–Kier alpha value is -3.88. The number of hydrogen-bond donors (Lipinski definition) is 1. The number of methoxy groups -OCH3 is 1. The summed E-state index contributed by atoms with van der Waals surface area (Å²) < 4.78 is 110. The van der Waals surface area contributed by atoms with Gasteiger partial charge in [-0.2, -0.15) is 0 Å². The Balaban J connectivity index is 0.000000269. The minimum absolute atomic E-state index is 0.0356. The average Bonchev–Trinajstić information content (AvgIpc) is 3.64. The first-order chi connectivity index (χ1) is 24.5. The van der Waals surface area contributed by atoms with Crippen LogP contribution in [-0.4, -0.2) is 65.8 Å². The number of benzene rings is 2. The molecule has 1 aliphatic carbocycles. The molecular formula is C34H35F6IN2O9. The summed E-state index contributed by atoms with van der Waals surface area (Å²) in [6.07, 6.45) is -7.63. The Morgan fingerprint density at radius 1 is 0.865 bits per heavy atom. The second kappa shape index (κ2) is 18.2. The van der Waals surface area contributed by atoms with E-state index in [0.717, 1.165) is 25.0 Å². The highest BCUT2D eigenvalue weighted by atomic mass is 127. The number of alkyl halides is 7. The maximum Gasteiger partial charge on any atom is 0.573 e. The van der Waals surface area contributed by atoms with Crippen molar-refractivity contribution >= 4 is 28.6 Å².